The Morgan fingerprint density at radius 1 is 0.828 bits per heavy atom. The fraction of sp³-hybridized carbons (Fsp3) is 0.444. The minimum Gasteiger partial charge on any atom is -0.480 e. The van der Waals surface area contributed by atoms with Crippen LogP contribution in [0, 0.1) is 0 Å². The van der Waals surface area contributed by atoms with Gasteiger partial charge in [-0.3, -0.25) is 29.0 Å². The third-order valence-electron chi connectivity index (χ3n) is 3.87. The monoisotopic (exact) mass is 412 g/mol. The SMILES string of the molecule is O=C(O)CN(CCN(CC(=O)O)[C@H](COCc1ccccc1)C(=O)O)CC(=O)O. The lowest BCUT2D eigenvalue weighted by atomic mass is 10.2. The molecule has 1 rings (SSSR count). The van der Waals surface area contributed by atoms with Gasteiger partial charge >= 0.3 is 23.9 Å². The molecule has 11 heteroatoms. The van der Waals surface area contributed by atoms with Crippen LogP contribution in [0.15, 0.2) is 30.3 Å². The first-order valence-corrected chi connectivity index (χ1v) is 8.65. The molecule has 0 heterocycles. The summed E-state index contributed by atoms with van der Waals surface area (Å²) in [6.07, 6.45) is 0. The van der Waals surface area contributed by atoms with Gasteiger partial charge < -0.3 is 25.2 Å². The van der Waals surface area contributed by atoms with Gasteiger partial charge in [-0.25, -0.2) is 0 Å². The zero-order valence-corrected chi connectivity index (χ0v) is 15.6. The highest BCUT2D eigenvalue weighted by atomic mass is 16.5. The molecule has 0 amide bonds. The van der Waals surface area contributed by atoms with E-state index in [0.29, 0.717) is 0 Å². The maximum Gasteiger partial charge on any atom is 0.323 e. The van der Waals surface area contributed by atoms with E-state index in [1.54, 1.807) is 24.3 Å². The molecule has 0 radical (unpaired) electrons. The van der Waals surface area contributed by atoms with Crippen LogP contribution >= 0.6 is 0 Å². The van der Waals surface area contributed by atoms with E-state index in [-0.39, 0.29) is 26.3 Å². The van der Waals surface area contributed by atoms with Crippen LogP contribution in [0.25, 0.3) is 0 Å². The summed E-state index contributed by atoms with van der Waals surface area (Å²) in [6, 6.07) is 7.69. The molecular weight excluding hydrogens is 388 g/mol. The molecule has 1 atom stereocenters. The summed E-state index contributed by atoms with van der Waals surface area (Å²) in [5, 5.41) is 36.3. The molecule has 0 aliphatic heterocycles. The van der Waals surface area contributed by atoms with E-state index in [0.717, 1.165) is 15.4 Å². The van der Waals surface area contributed by atoms with Crippen molar-refractivity contribution in [3.8, 4) is 0 Å². The Labute approximate surface area is 166 Å². The average molecular weight is 412 g/mol. The van der Waals surface area contributed by atoms with E-state index in [1.807, 2.05) is 6.07 Å². The predicted molar refractivity (Wildman–Crippen MR) is 98.4 cm³/mol. The number of benzene rings is 1. The molecule has 0 bridgehead atoms. The molecule has 0 unspecified atom stereocenters. The maximum atomic E-state index is 11.6. The highest BCUT2D eigenvalue weighted by Crippen LogP contribution is 2.06. The fourth-order valence-corrected chi connectivity index (χ4v) is 2.58. The highest BCUT2D eigenvalue weighted by Gasteiger charge is 2.28. The standard InChI is InChI=1S/C18H24N2O9/c21-15(22)8-19(9-16(23)24)6-7-20(10-17(25)26)14(18(27)28)12-29-11-13-4-2-1-3-5-13/h1-5,14H,6-12H2,(H,21,22)(H,23,24)(H,25,26)(H,27,28)/t14-/m1/s1. The summed E-state index contributed by atoms with van der Waals surface area (Å²) in [6.45, 7) is -2.25. The maximum absolute atomic E-state index is 11.6. The largest absolute Gasteiger partial charge is 0.480 e. The summed E-state index contributed by atoms with van der Waals surface area (Å²) < 4.78 is 5.42. The highest BCUT2D eigenvalue weighted by molar-refractivity contribution is 5.76. The Morgan fingerprint density at radius 2 is 1.38 bits per heavy atom. The average Bonchev–Trinajstić information content (AvgIpc) is 2.61. The van der Waals surface area contributed by atoms with Gasteiger partial charge in [0.15, 0.2) is 0 Å². The molecule has 1 aromatic carbocycles. The molecule has 0 fully saturated rings. The zero-order valence-electron chi connectivity index (χ0n) is 15.6. The van der Waals surface area contributed by atoms with Crippen molar-refractivity contribution in [2.45, 2.75) is 12.6 Å². The lowest BCUT2D eigenvalue weighted by Crippen LogP contribution is -2.50. The molecule has 0 saturated heterocycles. The van der Waals surface area contributed by atoms with E-state index in [2.05, 4.69) is 0 Å². The minimum atomic E-state index is -1.30. The summed E-state index contributed by atoms with van der Waals surface area (Å²) in [5.74, 6) is -5.08. The van der Waals surface area contributed by atoms with Gasteiger partial charge in [-0.2, -0.15) is 0 Å². The Bertz CT molecular complexity index is 680. The summed E-state index contributed by atoms with van der Waals surface area (Å²) in [7, 11) is 0. The normalized spacial score (nSPS) is 12.1. The lowest BCUT2D eigenvalue weighted by molar-refractivity contribution is -0.150. The molecule has 0 aliphatic rings. The molecular formula is C18H24N2O9. The van der Waals surface area contributed by atoms with Crippen molar-refractivity contribution in [3.05, 3.63) is 35.9 Å². The number of rotatable bonds is 15. The zero-order chi connectivity index (χ0) is 21.8. The first-order chi connectivity index (χ1) is 13.7. The Hall–Kier alpha value is -3.02. The quantitative estimate of drug-likeness (QED) is 0.294. The Kier molecular flexibility index (Phi) is 10.3. The van der Waals surface area contributed by atoms with Gasteiger partial charge in [-0.05, 0) is 5.56 Å². The van der Waals surface area contributed by atoms with Gasteiger partial charge in [-0.1, -0.05) is 30.3 Å². The Balaban J connectivity index is 2.78. The van der Waals surface area contributed by atoms with Gasteiger partial charge in [0.25, 0.3) is 0 Å². The molecule has 4 N–H and O–H groups in total. The van der Waals surface area contributed by atoms with Gasteiger partial charge in [0, 0.05) is 13.1 Å². The van der Waals surface area contributed by atoms with Crippen LogP contribution in [-0.2, 0) is 30.5 Å². The molecule has 1 aromatic rings. The van der Waals surface area contributed by atoms with E-state index in [1.165, 1.54) is 0 Å². The van der Waals surface area contributed by atoms with E-state index in [4.69, 9.17) is 20.1 Å². The number of hydrogen-bond acceptors (Lipinski definition) is 7. The van der Waals surface area contributed by atoms with Crippen molar-refractivity contribution < 1.29 is 44.3 Å². The van der Waals surface area contributed by atoms with Gasteiger partial charge in [0.2, 0.25) is 0 Å². The van der Waals surface area contributed by atoms with Crippen LogP contribution in [-0.4, -0.2) is 99.5 Å². The summed E-state index contributed by atoms with van der Waals surface area (Å²) in [4.78, 5) is 46.7. The van der Waals surface area contributed by atoms with Crippen LogP contribution in [0.1, 0.15) is 5.56 Å². The smallest absolute Gasteiger partial charge is 0.323 e. The number of carboxylic acid groups (broad SMARTS) is 4. The van der Waals surface area contributed by atoms with Crippen molar-refractivity contribution in [2.75, 3.05) is 39.3 Å². The molecule has 29 heavy (non-hydrogen) atoms. The number of aliphatic carboxylic acids is 4. The second-order valence-corrected chi connectivity index (χ2v) is 6.22. The lowest BCUT2D eigenvalue weighted by Gasteiger charge is -2.29. The van der Waals surface area contributed by atoms with Crippen LogP contribution in [0.5, 0.6) is 0 Å². The number of hydrogen-bond donors (Lipinski definition) is 4. The molecule has 0 aromatic heterocycles. The van der Waals surface area contributed by atoms with Crippen molar-refractivity contribution in [1.29, 1.82) is 0 Å². The predicted octanol–water partition coefficient (Wildman–Crippen LogP) is -0.486. The molecule has 0 saturated carbocycles. The molecule has 0 aliphatic carbocycles. The number of carbonyl (C=O) groups is 4. The number of carboxylic acids is 4. The van der Waals surface area contributed by atoms with Crippen LogP contribution < -0.4 is 0 Å². The first-order valence-electron chi connectivity index (χ1n) is 8.65. The van der Waals surface area contributed by atoms with Crippen molar-refractivity contribution in [1.82, 2.24) is 9.80 Å². The molecule has 0 spiro atoms. The van der Waals surface area contributed by atoms with Crippen LogP contribution in [0.2, 0.25) is 0 Å². The van der Waals surface area contributed by atoms with E-state index in [9.17, 15) is 24.3 Å². The minimum absolute atomic E-state index is 0.135. The fourth-order valence-electron chi connectivity index (χ4n) is 2.58. The third kappa shape index (κ3) is 10.2. The Morgan fingerprint density at radius 3 is 1.86 bits per heavy atom. The number of ether oxygens (including phenoxy) is 1. The van der Waals surface area contributed by atoms with Crippen LogP contribution in [0.4, 0.5) is 0 Å². The van der Waals surface area contributed by atoms with Crippen molar-refractivity contribution >= 4 is 23.9 Å². The molecule has 160 valence electrons. The second-order valence-electron chi connectivity index (χ2n) is 6.22. The van der Waals surface area contributed by atoms with Gasteiger partial charge in [0.1, 0.15) is 6.04 Å². The van der Waals surface area contributed by atoms with Gasteiger partial charge in [-0.15, -0.1) is 0 Å². The van der Waals surface area contributed by atoms with Crippen LogP contribution in [0.3, 0.4) is 0 Å². The van der Waals surface area contributed by atoms with Crippen molar-refractivity contribution in [3.63, 3.8) is 0 Å². The summed E-state index contributed by atoms with van der Waals surface area (Å²) >= 11 is 0. The van der Waals surface area contributed by atoms with E-state index < -0.39 is 49.6 Å². The summed E-state index contributed by atoms with van der Waals surface area (Å²) in [5.41, 5.74) is 0.815. The second kappa shape index (κ2) is 12.4. The van der Waals surface area contributed by atoms with Crippen molar-refractivity contribution in [2.24, 2.45) is 0 Å². The first kappa shape index (κ1) is 24.0. The van der Waals surface area contributed by atoms with Gasteiger partial charge in [0.05, 0.1) is 32.8 Å². The number of nitrogens with zero attached hydrogens (tertiary/aromatic N) is 2. The molecule has 11 nitrogen and oxygen atoms in total. The van der Waals surface area contributed by atoms with E-state index >= 15 is 0 Å². The third-order valence-corrected chi connectivity index (χ3v) is 3.87. The topological polar surface area (TPSA) is 165 Å².